The maximum absolute atomic E-state index is 13.6. The molecule has 0 unspecified atom stereocenters. The molecule has 1 aliphatic heterocycles. The summed E-state index contributed by atoms with van der Waals surface area (Å²) in [5, 5.41) is 11.2. The Morgan fingerprint density at radius 2 is 1.62 bits per heavy atom. The molecule has 0 radical (unpaired) electrons. The Labute approximate surface area is 254 Å². The highest BCUT2D eigenvalue weighted by Crippen LogP contribution is 2.38. The van der Waals surface area contributed by atoms with E-state index in [4.69, 9.17) is 9.16 Å². The largest absolute Gasteiger partial charge is 0.414 e. The van der Waals surface area contributed by atoms with E-state index in [0.717, 1.165) is 11.1 Å². The Bertz CT molecular complexity index is 1140. The van der Waals surface area contributed by atoms with Crippen LogP contribution in [-0.2, 0) is 20.6 Å². The molecule has 0 aromatic heterocycles. The highest BCUT2D eigenvalue weighted by Gasteiger charge is 2.45. The molecule has 1 N–H and O–H groups in total. The van der Waals surface area contributed by atoms with Gasteiger partial charge in [-0.25, -0.2) is 4.79 Å². The predicted molar refractivity (Wildman–Crippen MR) is 170 cm³/mol. The van der Waals surface area contributed by atoms with Crippen LogP contribution in [0.15, 0.2) is 60.7 Å². The lowest BCUT2D eigenvalue weighted by Gasteiger charge is -2.40. The van der Waals surface area contributed by atoms with Crippen molar-refractivity contribution in [1.29, 1.82) is 0 Å². The number of urea groups is 1. The van der Waals surface area contributed by atoms with Gasteiger partial charge in [0.1, 0.15) is 0 Å². The Hall–Kier alpha value is -2.52. The van der Waals surface area contributed by atoms with Gasteiger partial charge in [0.15, 0.2) is 8.32 Å². The van der Waals surface area contributed by atoms with Crippen LogP contribution in [0, 0.1) is 5.92 Å². The lowest BCUT2D eigenvalue weighted by Crippen LogP contribution is -2.46. The van der Waals surface area contributed by atoms with Crippen LogP contribution in [0.2, 0.25) is 18.1 Å². The molecule has 1 fully saturated rings. The normalized spacial score (nSPS) is 18.4. The molecule has 0 saturated carbocycles. The van der Waals surface area contributed by atoms with Crippen molar-refractivity contribution in [1.82, 2.24) is 9.80 Å². The highest BCUT2D eigenvalue weighted by molar-refractivity contribution is 6.74. The van der Waals surface area contributed by atoms with Crippen LogP contribution in [0.25, 0.3) is 0 Å². The fourth-order valence-electron chi connectivity index (χ4n) is 5.16. The van der Waals surface area contributed by atoms with E-state index in [1.54, 1.807) is 4.90 Å². The molecule has 1 saturated heterocycles. The van der Waals surface area contributed by atoms with Crippen LogP contribution in [-0.4, -0.2) is 66.6 Å². The van der Waals surface area contributed by atoms with Crippen molar-refractivity contribution in [2.45, 2.75) is 110 Å². The topological polar surface area (TPSA) is 79.3 Å². The molecule has 2 aromatic carbocycles. The molecular weight excluding hydrogens is 544 g/mol. The highest BCUT2D eigenvalue weighted by atomic mass is 28.4. The summed E-state index contributed by atoms with van der Waals surface area (Å²) >= 11 is 0. The number of hydrogen-bond donors (Lipinski definition) is 1. The molecule has 42 heavy (non-hydrogen) atoms. The molecule has 232 valence electrons. The molecular formula is C34H52N2O5Si. The first-order chi connectivity index (χ1) is 19.7. The van der Waals surface area contributed by atoms with E-state index in [9.17, 15) is 14.7 Å². The minimum Gasteiger partial charge on any atom is -0.414 e. The summed E-state index contributed by atoms with van der Waals surface area (Å²) in [6, 6.07) is 19.2. The van der Waals surface area contributed by atoms with Crippen molar-refractivity contribution in [2.24, 2.45) is 5.92 Å². The smallest absolute Gasteiger partial charge is 0.327 e. The number of nitrogens with zero attached hydrogens (tertiary/aromatic N) is 2. The molecule has 0 bridgehead atoms. The molecule has 8 heteroatoms. The first kappa shape index (κ1) is 34.0. The third-order valence-corrected chi connectivity index (χ3v) is 13.4. The van der Waals surface area contributed by atoms with Gasteiger partial charge in [0.05, 0.1) is 31.2 Å². The number of amides is 3. The van der Waals surface area contributed by atoms with Crippen LogP contribution < -0.4 is 0 Å². The number of carbonyl (C=O) groups excluding carboxylic acids is 2. The number of carbonyl (C=O) groups is 2. The quantitative estimate of drug-likeness (QED) is 0.185. The SMILES string of the molecule is CC(C)[C@H]1CN([C@H](C)c2ccccc2)C(=O)N1C(=O)C[C@H](O)C[C@@H](CCOCc1ccccc1)O[Si](C)(C)C(C)(C)C. The lowest BCUT2D eigenvalue weighted by molar-refractivity contribution is -0.132. The van der Waals surface area contributed by atoms with Gasteiger partial charge in [-0.3, -0.25) is 9.69 Å². The van der Waals surface area contributed by atoms with Crippen LogP contribution in [0.3, 0.4) is 0 Å². The maximum Gasteiger partial charge on any atom is 0.327 e. The molecule has 2 aromatic rings. The standard InChI is InChI=1S/C34H52N2O5Si/c1-25(2)31-23-35(26(3)28-17-13-10-14-18-28)33(39)36(31)32(38)22-29(37)21-30(41-42(7,8)34(4,5)6)19-20-40-24-27-15-11-9-12-16-27/h9-18,25-26,29-31,37H,19-24H2,1-8H3/t26-,29-,30-,31-/m1/s1. The van der Waals surface area contributed by atoms with E-state index < -0.39 is 14.4 Å². The average molecular weight is 597 g/mol. The Balaban J connectivity index is 1.66. The van der Waals surface area contributed by atoms with Gasteiger partial charge in [0.2, 0.25) is 5.91 Å². The molecule has 0 spiro atoms. The van der Waals surface area contributed by atoms with Crippen LogP contribution in [0.1, 0.15) is 78.0 Å². The number of ether oxygens (including phenoxy) is 1. The second-order valence-corrected chi connectivity index (χ2v) is 18.3. The van der Waals surface area contributed by atoms with Gasteiger partial charge >= 0.3 is 6.03 Å². The van der Waals surface area contributed by atoms with Crippen LogP contribution >= 0.6 is 0 Å². The fourth-order valence-corrected chi connectivity index (χ4v) is 6.56. The van der Waals surface area contributed by atoms with Crippen molar-refractivity contribution in [2.75, 3.05) is 13.2 Å². The van der Waals surface area contributed by atoms with E-state index >= 15 is 0 Å². The van der Waals surface area contributed by atoms with E-state index in [0.29, 0.717) is 32.6 Å². The summed E-state index contributed by atoms with van der Waals surface area (Å²) < 4.78 is 12.7. The molecule has 0 aliphatic carbocycles. The van der Waals surface area contributed by atoms with Gasteiger partial charge in [-0.15, -0.1) is 0 Å². The second-order valence-electron chi connectivity index (χ2n) is 13.5. The number of benzene rings is 2. The predicted octanol–water partition coefficient (Wildman–Crippen LogP) is 7.17. The monoisotopic (exact) mass is 596 g/mol. The van der Waals surface area contributed by atoms with E-state index in [-0.39, 0.29) is 47.5 Å². The van der Waals surface area contributed by atoms with Gasteiger partial charge < -0.3 is 19.2 Å². The van der Waals surface area contributed by atoms with Crippen LogP contribution in [0.5, 0.6) is 0 Å². The molecule has 7 nitrogen and oxygen atoms in total. The van der Waals surface area contributed by atoms with E-state index in [1.807, 2.05) is 81.4 Å². The number of rotatable bonds is 14. The Morgan fingerprint density at radius 3 is 2.19 bits per heavy atom. The van der Waals surface area contributed by atoms with Gasteiger partial charge in [0, 0.05) is 19.3 Å². The van der Waals surface area contributed by atoms with Gasteiger partial charge in [-0.05, 0) is 54.9 Å². The van der Waals surface area contributed by atoms with Crippen molar-refractivity contribution in [3.8, 4) is 0 Å². The zero-order valence-electron chi connectivity index (χ0n) is 26.9. The third kappa shape index (κ3) is 8.99. The fraction of sp³-hybridized carbons (Fsp3) is 0.588. The Kier molecular flexibility index (Phi) is 12.0. The molecule has 1 heterocycles. The van der Waals surface area contributed by atoms with Crippen molar-refractivity contribution >= 4 is 20.3 Å². The second kappa shape index (κ2) is 14.8. The maximum atomic E-state index is 13.6. The van der Waals surface area contributed by atoms with Gasteiger partial charge in [-0.1, -0.05) is 95.3 Å². The number of aliphatic hydroxyl groups excluding tert-OH is 1. The zero-order valence-corrected chi connectivity index (χ0v) is 27.9. The van der Waals surface area contributed by atoms with Crippen molar-refractivity contribution in [3.63, 3.8) is 0 Å². The summed E-state index contributed by atoms with van der Waals surface area (Å²) in [4.78, 5) is 30.3. The Morgan fingerprint density at radius 1 is 1.02 bits per heavy atom. The summed E-state index contributed by atoms with van der Waals surface area (Å²) in [5.74, 6) is -0.236. The lowest BCUT2D eigenvalue weighted by atomic mass is 10.0. The minimum atomic E-state index is -2.14. The van der Waals surface area contributed by atoms with E-state index in [2.05, 4.69) is 33.9 Å². The number of imide groups is 1. The van der Waals surface area contributed by atoms with Gasteiger partial charge in [0.25, 0.3) is 0 Å². The average Bonchev–Trinajstić information content (AvgIpc) is 3.28. The molecule has 4 atom stereocenters. The third-order valence-electron chi connectivity index (χ3n) is 8.86. The van der Waals surface area contributed by atoms with Crippen molar-refractivity contribution < 1.29 is 23.9 Å². The summed E-state index contributed by atoms with van der Waals surface area (Å²) in [6.07, 6.45) is -0.377. The zero-order chi connectivity index (χ0) is 31.1. The first-order valence-corrected chi connectivity index (χ1v) is 18.3. The first-order valence-electron chi connectivity index (χ1n) is 15.4. The molecule has 3 amide bonds. The van der Waals surface area contributed by atoms with Crippen molar-refractivity contribution in [3.05, 3.63) is 71.8 Å². The van der Waals surface area contributed by atoms with Crippen LogP contribution in [0.4, 0.5) is 4.79 Å². The molecule has 3 rings (SSSR count). The summed E-state index contributed by atoms with van der Waals surface area (Å²) in [7, 11) is -2.14. The molecule has 1 aliphatic rings. The number of hydrogen-bond acceptors (Lipinski definition) is 5. The summed E-state index contributed by atoms with van der Waals surface area (Å²) in [6.45, 7) is 18.5. The van der Waals surface area contributed by atoms with E-state index in [1.165, 1.54) is 4.90 Å². The van der Waals surface area contributed by atoms with Gasteiger partial charge in [-0.2, -0.15) is 0 Å². The minimum absolute atomic E-state index is 0.00226. The number of aliphatic hydroxyl groups is 1. The summed E-state index contributed by atoms with van der Waals surface area (Å²) in [5.41, 5.74) is 2.14.